The molecule has 16 heavy (non-hydrogen) atoms. The molecule has 0 heterocycles. The standard InChI is InChI=1S/C11H22O4Si/c1-6-9(15-10(12)7-2)8(3)11(16,13-4)14-5/h7-9H,2,6H2,1,3-5,16H3. The minimum atomic E-state index is -0.623. The van der Waals surface area contributed by atoms with Crippen molar-refractivity contribution in [2.45, 2.75) is 31.8 Å². The van der Waals surface area contributed by atoms with Gasteiger partial charge in [0.1, 0.15) is 11.5 Å². The molecule has 0 fully saturated rings. The van der Waals surface area contributed by atoms with Gasteiger partial charge in [-0.3, -0.25) is 0 Å². The van der Waals surface area contributed by atoms with Gasteiger partial charge in [-0.15, -0.1) is 0 Å². The molecule has 5 heteroatoms. The number of methoxy groups -OCH3 is 2. The van der Waals surface area contributed by atoms with Crippen LogP contribution in [-0.2, 0) is 19.0 Å². The van der Waals surface area contributed by atoms with Gasteiger partial charge in [0.25, 0.3) is 0 Å². The quantitative estimate of drug-likeness (QED) is 0.283. The predicted octanol–water partition coefficient (Wildman–Crippen LogP) is 0.442. The Morgan fingerprint density at radius 2 is 2.00 bits per heavy atom. The summed E-state index contributed by atoms with van der Waals surface area (Å²) in [6.45, 7) is 7.31. The third-order valence-electron chi connectivity index (χ3n) is 3.03. The summed E-state index contributed by atoms with van der Waals surface area (Å²) in [6, 6.07) is 0. The highest BCUT2D eigenvalue weighted by molar-refractivity contribution is 6.13. The van der Waals surface area contributed by atoms with Crippen LogP contribution < -0.4 is 0 Å². The molecule has 0 aliphatic heterocycles. The number of esters is 1. The fourth-order valence-electron chi connectivity index (χ4n) is 1.53. The Labute approximate surface area is 100 Å². The molecule has 0 aromatic rings. The van der Waals surface area contributed by atoms with Crippen molar-refractivity contribution in [1.82, 2.24) is 0 Å². The van der Waals surface area contributed by atoms with Gasteiger partial charge < -0.3 is 14.2 Å². The molecule has 0 radical (unpaired) electrons. The molecule has 0 saturated carbocycles. The van der Waals surface area contributed by atoms with E-state index in [4.69, 9.17) is 14.2 Å². The average Bonchev–Trinajstić information content (AvgIpc) is 2.33. The largest absolute Gasteiger partial charge is 0.459 e. The minimum Gasteiger partial charge on any atom is -0.459 e. The van der Waals surface area contributed by atoms with Gasteiger partial charge in [0.15, 0.2) is 0 Å². The lowest BCUT2D eigenvalue weighted by Gasteiger charge is -2.37. The summed E-state index contributed by atoms with van der Waals surface area (Å²) in [7, 11) is 3.91. The van der Waals surface area contributed by atoms with Crippen LogP contribution in [0.2, 0.25) is 0 Å². The number of hydrogen-bond acceptors (Lipinski definition) is 4. The van der Waals surface area contributed by atoms with Gasteiger partial charge in [-0.25, -0.2) is 4.79 Å². The molecular weight excluding hydrogens is 224 g/mol. The van der Waals surface area contributed by atoms with E-state index in [9.17, 15) is 4.79 Å². The summed E-state index contributed by atoms with van der Waals surface area (Å²) in [6.07, 6.45) is 1.67. The summed E-state index contributed by atoms with van der Waals surface area (Å²) in [4.78, 5) is 11.2. The molecule has 0 aromatic carbocycles. The predicted molar refractivity (Wildman–Crippen MR) is 66.2 cm³/mol. The van der Waals surface area contributed by atoms with Crippen LogP contribution in [0.3, 0.4) is 0 Å². The fourth-order valence-corrected chi connectivity index (χ4v) is 1.90. The summed E-state index contributed by atoms with van der Waals surface area (Å²) < 4.78 is 16.0. The Balaban J connectivity index is 4.68. The normalized spacial score (nSPS) is 15.5. The number of ether oxygens (including phenoxy) is 3. The molecule has 2 unspecified atom stereocenters. The molecule has 4 nitrogen and oxygen atoms in total. The van der Waals surface area contributed by atoms with Crippen molar-refractivity contribution in [1.29, 1.82) is 0 Å². The van der Waals surface area contributed by atoms with Crippen LogP contribution in [0, 0.1) is 5.92 Å². The van der Waals surface area contributed by atoms with Gasteiger partial charge in [0.05, 0.1) is 10.2 Å². The van der Waals surface area contributed by atoms with Crippen molar-refractivity contribution in [3.63, 3.8) is 0 Å². The number of hydrogen-bond donors (Lipinski definition) is 0. The zero-order valence-corrected chi connectivity index (χ0v) is 12.8. The average molecular weight is 246 g/mol. The second-order valence-corrected chi connectivity index (χ2v) is 5.19. The number of carbonyl (C=O) groups excluding carboxylic acids is 1. The number of carbonyl (C=O) groups is 1. The monoisotopic (exact) mass is 246 g/mol. The topological polar surface area (TPSA) is 44.8 Å². The van der Waals surface area contributed by atoms with Crippen LogP contribution in [0.5, 0.6) is 0 Å². The second-order valence-electron chi connectivity index (χ2n) is 3.80. The molecule has 0 spiro atoms. The van der Waals surface area contributed by atoms with Crippen molar-refractivity contribution >= 4 is 16.2 Å². The van der Waals surface area contributed by atoms with Crippen molar-refractivity contribution in [3.8, 4) is 0 Å². The smallest absolute Gasteiger partial charge is 0.330 e. The van der Waals surface area contributed by atoms with E-state index in [0.717, 1.165) is 6.42 Å². The van der Waals surface area contributed by atoms with Crippen LogP contribution in [0.1, 0.15) is 20.3 Å². The Morgan fingerprint density at radius 3 is 2.31 bits per heavy atom. The molecule has 94 valence electrons. The van der Waals surface area contributed by atoms with Gasteiger partial charge in [-0.1, -0.05) is 20.4 Å². The summed E-state index contributed by atoms with van der Waals surface area (Å²) in [5.74, 6) is -0.419. The van der Waals surface area contributed by atoms with Crippen LogP contribution in [0.4, 0.5) is 0 Å². The van der Waals surface area contributed by atoms with Crippen LogP contribution >= 0.6 is 0 Å². The SMILES string of the molecule is C=CC(=O)OC(CC)C(C)C([SiH3])(OC)OC. The van der Waals surface area contributed by atoms with Gasteiger partial charge in [-0.05, 0) is 6.42 Å². The first-order valence-corrected chi connectivity index (χ1v) is 6.38. The van der Waals surface area contributed by atoms with E-state index >= 15 is 0 Å². The lowest BCUT2D eigenvalue weighted by atomic mass is 10.0. The zero-order chi connectivity index (χ0) is 12.8. The number of rotatable bonds is 7. The molecule has 0 bridgehead atoms. The van der Waals surface area contributed by atoms with Gasteiger partial charge in [0, 0.05) is 26.2 Å². The summed E-state index contributed by atoms with van der Waals surface area (Å²) in [5.41, 5.74) is -0.623. The molecule has 0 aromatic heterocycles. The van der Waals surface area contributed by atoms with Gasteiger partial charge in [0.2, 0.25) is 0 Å². The Hall–Kier alpha value is -0.653. The molecule has 0 aliphatic rings. The van der Waals surface area contributed by atoms with E-state index < -0.39 is 11.4 Å². The molecule has 0 amide bonds. The van der Waals surface area contributed by atoms with E-state index in [-0.39, 0.29) is 12.0 Å². The van der Waals surface area contributed by atoms with E-state index in [1.165, 1.54) is 6.08 Å². The van der Waals surface area contributed by atoms with E-state index in [1.54, 1.807) is 14.2 Å². The first-order valence-electron chi connectivity index (χ1n) is 5.38. The van der Waals surface area contributed by atoms with Crippen molar-refractivity contribution < 1.29 is 19.0 Å². The van der Waals surface area contributed by atoms with Gasteiger partial charge >= 0.3 is 5.97 Å². The molecule has 2 atom stereocenters. The Bertz CT molecular complexity index is 238. The van der Waals surface area contributed by atoms with E-state index in [1.807, 2.05) is 13.8 Å². The summed E-state index contributed by atoms with van der Waals surface area (Å²) in [5, 5.41) is 0. The lowest BCUT2D eigenvalue weighted by Crippen LogP contribution is -2.47. The third kappa shape index (κ3) is 3.73. The second kappa shape index (κ2) is 6.83. The maximum absolute atomic E-state index is 11.2. The first kappa shape index (κ1) is 15.3. The molecule has 0 rings (SSSR count). The Kier molecular flexibility index (Phi) is 6.55. The summed E-state index contributed by atoms with van der Waals surface area (Å²) >= 11 is 0. The van der Waals surface area contributed by atoms with Crippen molar-refractivity contribution in [2.75, 3.05) is 14.2 Å². The maximum atomic E-state index is 11.2. The van der Waals surface area contributed by atoms with Crippen molar-refractivity contribution in [2.24, 2.45) is 5.92 Å². The first-order chi connectivity index (χ1) is 7.45. The molecule has 0 saturated heterocycles. The van der Waals surface area contributed by atoms with Crippen LogP contribution in [-0.4, -0.2) is 41.9 Å². The molecule has 0 aliphatic carbocycles. The van der Waals surface area contributed by atoms with Gasteiger partial charge in [-0.2, -0.15) is 0 Å². The van der Waals surface area contributed by atoms with Crippen LogP contribution in [0.25, 0.3) is 0 Å². The zero-order valence-electron chi connectivity index (χ0n) is 10.8. The van der Waals surface area contributed by atoms with E-state index in [2.05, 4.69) is 6.58 Å². The third-order valence-corrected chi connectivity index (χ3v) is 4.76. The van der Waals surface area contributed by atoms with Crippen LogP contribution in [0.15, 0.2) is 12.7 Å². The highest BCUT2D eigenvalue weighted by Crippen LogP contribution is 2.25. The van der Waals surface area contributed by atoms with Crippen molar-refractivity contribution in [3.05, 3.63) is 12.7 Å². The Morgan fingerprint density at radius 1 is 1.50 bits per heavy atom. The van der Waals surface area contributed by atoms with E-state index in [0.29, 0.717) is 10.2 Å². The highest BCUT2D eigenvalue weighted by atomic mass is 28.1. The highest BCUT2D eigenvalue weighted by Gasteiger charge is 2.37. The fraction of sp³-hybridized carbons (Fsp3) is 0.727. The molecule has 0 N–H and O–H groups in total. The molecular formula is C11H22O4Si. The maximum Gasteiger partial charge on any atom is 0.330 e. The lowest BCUT2D eigenvalue weighted by molar-refractivity contribution is -0.200. The minimum absolute atomic E-state index is 0.0110.